The van der Waals surface area contributed by atoms with Gasteiger partial charge >= 0.3 is 165 Å². The summed E-state index contributed by atoms with van der Waals surface area (Å²) < 4.78 is 6.06. The van der Waals surface area contributed by atoms with Gasteiger partial charge in [0.05, 0.1) is 0 Å². The van der Waals surface area contributed by atoms with Gasteiger partial charge in [0.15, 0.2) is 0 Å². The molecule has 0 saturated carbocycles. The van der Waals surface area contributed by atoms with Crippen molar-refractivity contribution in [3.05, 3.63) is 64.5 Å². The van der Waals surface area contributed by atoms with Crippen LogP contribution in [0.15, 0.2) is 58.3 Å². The summed E-state index contributed by atoms with van der Waals surface area (Å²) in [4.78, 5) is 22.5. The van der Waals surface area contributed by atoms with Gasteiger partial charge in [0.1, 0.15) is 0 Å². The topological polar surface area (TPSA) is 92.2 Å². The van der Waals surface area contributed by atoms with Crippen LogP contribution in [0.4, 0.5) is 5.95 Å². The number of dihydropyridines is 1. The number of ether oxygens (including phenoxy) is 1. The first kappa shape index (κ1) is 22.1. The SMILES string of the molecule is CC.Nc1nccc(COC2=CCCN=C2N2CCN(C3B=c4ccccc4=N3)CC2)n1. The molecule has 1 saturated heterocycles. The zero-order valence-electron chi connectivity index (χ0n) is 18.8. The molecule has 0 bridgehead atoms. The number of para-hydroxylation sites is 1. The Morgan fingerprint density at radius 2 is 1.94 bits per heavy atom. The number of amidine groups is 1. The first-order chi connectivity index (χ1) is 15.8. The number of rotatable bonds is 4. The summed E-state index contributed by atoms with van der Waals surface area (Å²) in [7, 11) is 0. The summed E-state index contributed by atoms with van der Waals surface area (Å²) in [5, 5.41) is 2.32. The molecule has 3 aliphatic heterocycles. The molecule has 1 aromatic carbocycles. The van der Waals surface area contributed by atoms with Gasteiger partial charge in [-0.2, -0.15) is 0 Å². The molecule has 9 heteroatoms. The number of aromatic nitrogens is 2. The Bertz CT molecular complexity index is 1070. The van der Waals surface area contributed by atoms with Crippen molar-refractivity contribution in [3.8, 4) is 0 Å². The predicted octanol–water partition coefficient (Wildman–Crippen LogP) is 1.48. The van der Waals surface area contributed by atoms with Crippen molar-refractivity contribution in [3.63, 3.8) is 0 Å². The number of aliphatic imine (C=N–C) groups is 1. The van der Waals surface area contributed by atoms with Gasteiger partial charge in [-0.1, -0.05) is 13.8 Å². The van der Waals surface area contributed by atoms with Gasteiger partial charge in [0, 0.05) is 0 Å². The van der Waals surface area contributed by atoms with Crippen LogP contribution in [0.3, 0.4) is 0 Å². The van der Waals surface area contributed by atoms with Crippen LogP contribution in [-0.4, -0.2) is 71.3 Å². The van der Waals surface area contributed by atoms with Crippen LogP contribution >= 0.6 is 0 Å². The van der Waals surface area contributed by atoms with E-state index in [0.29, 0.717) is 6.61 Å². The normalized spacial score (nSPS) is 19.8. The summed E-state index contributed by atoms with van der Waals surface area (Å²) >= 11 is 0. The molecule has 8 nitrogen and oxygen atoms in total. The van der Waals surface area contributed by atoms with E-state index >= 15 is 0 Å². The van der Waals surface area contributed by atoms with Crippen LogP contribution in [0.25, 0.3) is 0 Å². The second kappa shape index (κ2) is 10.5. The molecule has 1 unspecified atom stereocenters. The van der Waals surface area contributed by atoms with Crippen LogP contribution in [0.1, 0.15) is 26.0 Å². The van der Waals surface area contributed by atoms with E-state index in [4.69, 9.17) is 20.5 Å². The molecule has 2 N–H and O–H groups in total. The van der Waals surface area contributed by atoms with Gasteiger partial charge in [-0.15, -0.1) is 0 Å². The molecule has 1 aromatic heterocycles. The van der Waals surface area contributed by atoms with Gasteiger partial charge in [0.2, 0.25) is 0 Å². The van der Waals surface area contributed by atoms with E-state index in [1.165, 1.54) is 5.11 Å². The number of fused-ring (bicyclic) bond motifs is 1. The molecule has 1 atom stereocenters. The Morgan fingerprint density at radius 1 is 1.12 bits per heavy atom. The number of nitrogen functional groups attached to an aromatic ring is 1. The monoisotopic (exact) mass is 431 g/mol. The molecule has 3 aliphatic rings. The number of nitrogens with zero attached hydrogens (tertiary/aromatic N) is 6. The van der Waals surface area contributed by atoms with E-state index in [1.54, 1.807) is 6.20 Å². The van der Waals surface area contributed by atoms with E-state index in [-0.39, 0.29) is 12.0 Å². The van der Waals surface area contributed by atoms with Crippen LogP contribution in [0, 0.1) is 5.11 Å². The first-order valence-electron chi connectivity index (χ1n) is 11.4. The predicted molar refractivity (Wildman–Crippen MR) is 127 cm³/mol. The third-order valence-corrected chi connectivity index (χ3v) is 5.57. The molecule has 2 aromatic rings. The second-order valence-corrected chi connectivity index (χ2v) is 7.55. The summed E-state index contributed by atoms with van der Waals surface area (Å²) in [5.74, 6) is 2.03. The van der Waals surface area contributed by atoms with Crippen molar-refractivity contribution in [1.29, 1.82) is 0 Å². The minimum atomic E-state index is 0.132. The van der Waals surface area contributed by atoms with Crippen LogP contribution < -0.4 is 11.1 Å². The molecule has 32 heavy (non-hydrogen) atoms. The zero-order chi connectivity index (χ0) is 22.3. The van der Waals surface area contributed by atoms with Crippen LogP contribution in [0.2, 0.25) is 0 Å². The van der Waals surface area contributed by atoms with Crippen molar-refractivity contribution in [2.75, 3.05) is 38.5 Å². The number of hydrogen-bond acceptors (Lipinski definition) is 8. The number of hydrogen-bond donors (Lipinski definition) is 1. The Kier molecular flexibility index (Phi) is 7.26. The van der Waals surface area contributed by atoms with Gasteiger partial charge in [-0.25, -0.2) is 4.98 Å². The van der Waals surface area contributed by atoms with Crippen molar-refractivity contribution in [2.45, 2.75) is 32.9 Å². The minimum absolute atomic E-state index is 0.132. The Hall–Kier alpha value is -3.07. The van der Waals surface area contributed by atoms with Gasteiger partial charge in [-0.3, -0.25) is 0 Å². The zero-order valence-corrected chi connectivity index (χ0v) is 18.8. The van der Waals surface area contributed by atoms with Gasteiger partial charge < -0.3 is 5.73 Å². The fraction of sp³-hybridized carbons (Fsp3) is 0.435. The third kappa shape index (κ3) is 5.04. The standard InChI is InChI=1S/C21H24BN7O.C2H6/c23-21-25-9-7-15(26-21)14-30-18-6-3-8-24-19(18)28-10-12-29(13-11-28)20-22-16-4-1-2-5-17(16)27-20;1-2/h1-2,4-7,9,20H,3,8,10-14H2,(H2,23,25,26);1-2H3. The number of nitrogens with two attached hydrogens (primary N) is 1. The van der Waals surface area contributed by atoms with E-state index in [0.717, 1.165) is 61.8 Å². The molecule has 0 radical (unpaired) electrons. The first-order valence-corrected chi connectivity index (χ1v) is 11.4. The van der Waals surface area contributed by atoms with E-state index in [2.05, 4.69) is 51.0 Å². The molecule has 0 aliphatic carbocycles. The number of benzene rings is 1. The molecule has 4 heterocycles. The summed E-state index contributed by atoms with van der Waals surface area (Å²) in [6.07, 6.45) is 4.66. The fourth-order valence-corrected chi connectivity index (χ4v) is 4.03. The third-order valence-electron chi connectivity index (χ3n) is 5.57. The molecular formula is C23H30BN7O. The average molecular weight is 431 g/mol. The van der Waals surface area contributed by atoms with E-state index < -0.39 is 0 Å². The Labute approximate surface area is 189 Å². The van der Waals surface area contributed by atoms with Crippen LogP contribution in [0.5, 0.6) is 0 Å². The van der Waals surface area contributed by atoms with Crippen molar-refractivity contribution < 1.29 is 4.74 Å². The number of anilines is 1. The van der Waals surface area contributed by atoms with Gasteiger partial charge in [0.25, 0.3) is 0 Å². The molecular weight excluding hydrogens is 401 g/mol. The summed E-state index contributed by atoms with van der Waals surface area (Å²) in [6.45, 7) is 11.1. The Balaban J connectivity index is 0.00000119. The van der Waals surface area contributed by atoms with Crippen molar-refractivity contribution >= 4 is 18.7 Å². The fourth-order valence-electron chi connectivity index (χ4n) is 4.03. The quantitative estimate of drug-likeness (QED) is 0.738. The molecule has 166 valence electrons. The van der Waals surface area contributed by atoms with E-state index in [1.807, 2.05) is 26.0 Å². The van der Waals surface area contributed by atoms with Crippen LogP contribution in [-0.2, 0) is 11.3 Å². The van der Waals surface area contributed by atoms with Crippen molar-refractivity contribution in [2.24, 2.45) is 9.98 Å². The maximum atomic E-state index is 6.06. The Morgan fingerprint density at radius 3 is 2.72 bits per heavy atom. The summed E-state index contributed by atoms with van der Waals surface area (Å²) in [6, 6.07) is 10.3. The second-order valence-electron chi connectivity index (χ2n) is 7.55. The molecule has 1 fully saturated rings. The van der Waals surface area contributed by atoms with Crippen molar-refractivity contribution in [1.82, 2.24) is 19.8 Å². The average Bonchev–Trinajstić information content (AvgIpc) is 3.29. The summed E-state index contributed by atoms with van der Waals surface area (Å²) in [5.41, 5.74) is 6.43. The number of piperazine rings is 1. The maximum absolute atomic E-state index is 6.06. The molecule has 0 amide bonds. The van der Waals surface area contributed by atoms with E-state index in [9.17, 15) is 0 Å². The van der Waals surface area contributed by atoms with Gasteiger partial charge in [-0.05, 0) is 0 Å². The molecule has 0 spiro atoms. The molecule has 5 rings (SSSR count).